The van der Waals surface area contributed by atoms with Crippen LogP contribution in [0.2, 0.25) is 0 Å². The largest absolute Gasteiger partial charge is 0.461 e. The van der Waals surface area contributed by atoms with Crippen LogP contribution in [0.1, 0.15) is 39.0 Å². The third kappa shape index (κ3) is 5.71. The van der Waals surface area contributed by atoms with Crippen LogP contribution in [-0.4, -0.2) is 31.3 Å². The Balaban J connectivity index is 2.26. The first-order chi connectivity index (χ1) is 8.42. The molecule has 0 aromatic rings. The van der Waals surface area contributed by atoms with E-state index < -0.39 is 18.7 Å². The summed E-state index contributed by atoms with van der Waals surface area (Å²) in [6, 6.07) is 0. The van der Waals surface area contributed by atoms with E-state index in [-0.39, 0.29) is 12.6 Å². The van der Waals surface area contributed by atoms with Crippen molar-refractivity contribution in [2.24, 2.45) is 5.92 Å². The standard InChI is InChI=1S/C12H20F3NO2/c1-2-9-5-3-4-6-10(9)18-11(17)7-16-8-12(13,14)15/h9-10,16H,2-8H2,1H3. The minimum absolute atomic E-state index is 0.121. The molecule has 1 aliphatic carbocycles. The van der Waals surface area contributed by atoms with E-state index in [1.165, 1.54) is 0 Å². The molecule has 0 spiro atoms. The van der Waals surface area contributed by atoms with Gasteiger partial charge in [0.2, 0.25) is 0 Å². The molecule has 6 heteroatoms. The van der Waals surface area contributed by atoms with Gasteiger partial charge in [0.1, 0.15) is 6.10 Å². The van der Waals surface area contributed by atoms with Gasteiger partial charge < -0.3 is 4.74 Å². The molecule has 0 aliphatic heterocycles. The molecule has 2 unspecified atom stereocenters. The highest BCUT2D eigenvalue weighted by Gasteiger charge is 2.29. The van der Waals surface area contributed by atoms with E-state index in [0.717, 1.165) is 32.1 Å². The van der Waals surface area contributed by atoms with E-state index in [1.807, 2.05) is 12.2 Å². The Labute approximate surface area is 105 Å². The van der Waals surface area contributed by atoms with Crippen LogP contribution in [0.4, 0.5) is 13.2 Å². The Morgan fingerprint density at radius 2 is 2.00 bits per heavy atom. The number of halogens is 3. The maximum atomic E-state index is 11.9. The van der Waals surface area contributed by atoms with Crippen molar-refractivity contribution in [2.45, 2.75) is 51.3 Å². The Morgan fingerprint density at radius 3 is 2.61 bits per heavy atom. The zero-order valence-corrected chi connectivity index (χ0v) is 10.6. The fourth-order valence-corrected chi connectivity index (χ4v) is 2.31. The van der Waals surface area contributed by atoms with Gasteiger partial charge in [-0.3, -0.25) is 10.1 Å². The molecular weight excluding hydrogens is 247 g/mol. The second kappa shape index (κ2) is 6.97. The average molecular weight is 267 g/mol. The highest BCUT2D eigenvalue weighted by molar-refractivity contribution is 5.71. The highest BCUT2D eigenvalue weighted by atomic mass is 19.4. The van der Waals surface area contributed by atoms with Crippen LogP contribution in [0.5, 0.6) is 0 Å². The predicted octanol–water partition coefficient (Wildman–Crippen LogP) is 2.65. The van der Waals surface area contributed by atoms with Gasteiger partial charge in [0.15, 0.2) is 0 Å². The fourth-order valence-electron chi connectivity index (χ4n) is 2.31. The molecule has 0 aromatic heterocycles. The van der Waals surface area contributed by atoms with Gasteiger partial charge in [0, 0.05) is 0 Å². The summed E-state index contributed by atoms with van der Waals surface area (Å²) in [6.07, 6.45) is 0.534. The zero-order valence-electron chi connectivity index (χ0n) is 10.6. The minimum atomic E-state index is -4.29. The number of hydrogen-bond donors (Lipinski definition) is 1. The highest BCUT2D eigenvalue weighted by Crippen LogP contribution is 2.29. The number of nitrogens with one attached hydrogen (secondary N) is 1. The Kier molecular flexibility index (Phi) is 5.91. The summed E-state index contributed by atoms with van der Waals surface area (Å²) in [4.78, 5) is 11.4. The monoisotopic (exact) mass is 267 g/mol. The first kappa shape index (κ1) is 15.3. The van der Waals surface area contributed by atoms with Crippen molar-refractivity contribution in [3.8, 4) is 0 Å². The second-order valence-electron chi connectivity index (χ2n) is 4.70. The normalized spacial score (nSPS) is 24.9. The molecule has 1 N–H and O–H groups in total. The van der Waals surface area contributed by atoms with E-state index in [2.05, 4.69) is 0 Å². The van der Waals surface area contributed by atoms with Crippen LogP contribution < -0.4 is 5.32 Å². The van der Waals surface area contributed by atoms with Crippen molar-refractivity contribution >= 4 is 5.97 Å². The maximum Gasteiger partial charge on any atom is 0.401 e. The second-order valence-corrected chi connectivity index (χ2v) is 4.70. The molecule has 1 rings (SSSR count). The molecule has 2 atom stereocenters. The molecule has 3 nitrogen and oxygen atoms in total. The van der Waals surface area contributed by atoms with E-state index >= 15 is 0 Å². The summed E-state index contributed by atoms with van der Waals surface area (Å²) < 4.78 is 40.8. The van der Waals surface area contributed by atoms with Crippen molar-refractivity contribution < 1.29 is 22.7 Å². The summed E-state index contributed by atoms with van der Waals surface area (Å²) in [5, 5.41) is 2.05. The first-order valence-corrected chi connectivity index (χ1v) is 6.39. The van der Waals surface area contributed by atoms with Gasteiger partial charge in [0.25, 0.3) is 0 Å². The van der Waals surface area contributed by atoms with Crippen molar-refractivity contribution in [3.63, 3.8) is 0 Å². The average Bonchev–Trinajstić information content (AvgIpc) is 2.28. The fraction of sp³-hybridized carbons (Fsp3) is 0.917. The molecule has 0 heterocycles. The molecule has 0 saturated heterocycles. The summed E-state index contributed by atoms with van der Waals surface area (Å²) in [6.45, 7) is 0.495. The van der Waals surface area contributed by atoms with Crippen molar-refractivity contribution in [2.75, 3.05) is 13.1 Å². The lowest BCUT2D eigenvalue weighted by Crippen LogP contribution is -2.37. The van der Waals surface area contributed by atoms with Crippen molar-refractivity contribution in [1.82, 2.24) is 5.32 Å². The molecule has 0 radical (unpaired) electrons. The molecule has 0 bridgehead atoms. The molecule has 0 amide bonds. The van der Waals surface area contributed by atoms with Gasteiger partial charge >= 0.3 is 12.1 Å². The van der Waals surface area contributed by atoms with E-state index in [9.17, 15) is 18.0 Å². The number of rotatable bonds is 5. The van der Waals surface area contributed by atoms with Crippen molar-refractivity contribution in [3.05, 3.63) is 0 Å². The smallest absolute Gasteiger partial charge is 0.401 e. The molecule has 1 aliphatic rings. The summed E-state index contributed by atoms with van der Waals surface area (Å²) >= 11 is 0. The van der Waals surface area contributed by atoms with Crippen LogP contribution in [0.3, 0.4) is 0 Å². The Morgan fingerprint density at radius 1 is 1.33 bits per heavy atom. The lowest BCUT2D eigenvalue weighted by atomic mass is 9.85. The van der Waals surface area contributed by atoms with Crippen molar-refractivity contribution in [1.29, 1.82) is 0 Å². The first-order valence-electron chi connectivity index (χ1n) is 6.39. The maximum absolute atomic E-state index is 11.9. The van der Waals surface area contributed by atoms with E-state index in [4.69, 9.17) is 4.74 Å². The van der Waals surface area contributed by atoms with E-state index in [1.54, 1.807) is 0 Å². The van der Waals surface area contributed by atoms with Gasteiger partial charge in [-0.25, -0.2) is 0 Å². The number of ether oxygens (including phenoxy) is 1. The number of carbonyl (C=O) groups is 1. The van der Waals surface area contributed by atoms with Gasteiger partial charge in [-0.15, -0.1) is 0 Å². The molecular formula is C12H20F3NO2. The number of hydrogen-bond acceptors (Lipinski definition) is 3. The summed E-state index contributed by atoms with van der Waals surface area (Å²) in [7, 11) is 0. The topological polar surface area (TPSA) is 38.3 Å². The minimum Gasteiger partial charge on any atom is -0.461 e. The lowest BCUT2D eigenvalue weighted by molar-refractivity contribution is -0.154. The van der Waals surface area contributed by atoms with Crippen LogP contribution in [0, 0.1) is 5.92 Å². The van der Waals surface area contributed by atoms with Crippen LogP contribution in [0.25, 0.3) is 0 Å². The quantitative estimate of drug-likeness (QED) is 0.778. The molecule has 0 aromatic carbocycles. The molecule has 106 valence electrons. The number of carbonyl (C=O) groups excluding carboxylic acids is 1. The summed E-state index contributed by atoms with van der Waals surface area (Å²) in [5.74, 6) is -0.241. The third-order valence-electron chi connectivity index (χ3n) is 3.24. The Hall–Kier alpha value is -0.780. The third-order valence-corrected chi connectivity index (χ3v) is 3.24. The van der Waals surface area contributed by atoms with Gasteiger partial charge in [0.05, 0.1) is 13.1 Å². The van der Waals surface area contributed by atoms with Gasteiger partial charge in [-0.05, 0) is 31.6 Å². The zero-order chi connectivity index (χ0) is 13.6. The lowest BCUT2D eigenvalue weighted by Gasteiger charge is -2.30. The predicted molar refractivity (Wildman–Crippen MR) is 61.1 cm³/mol. The molecule has 1 fully saturated rings. The van der Waals surface area contributed by atoms with Crippen LogP contribution >= 0.6 is 0 Å². The summed E-state index contributed by atoms with van der Waals surface area (Å²) in [5.41, 5.74) is 0. The number of alkyl halides is 3. The van der Waals surface area contributed by atoms with E-state index in [0.29, 0.717) is 5.92 Å². The molecule has 18 heavy (non-hydrogen) atoms. The van der Waals surface area contributed by atoms with Crippen LogP contribution in [0.15, 0.2) is 0 Å². The Bertz CT molecular complexity index is 269. The SMILES string of the molecule is CCC1CCCCC1OC(=O)CNCC(F)(F)F. The van der Waals surface area contributed by atoms with Crippen LogP contribution in [-0.2, 0) is 9.53 Å². The van der Waals surface area contributed by atoms with Gasteiger partial charge in [-0.1, -0.05) is 13.3 Å². The molecule has 1 saturated carbocycles. The van der Waals surface area contributed by atoms with Gasteiger partial charge in [-0.2, -0.15) is 13.2 Å². The number of esters is 1.